The van der Waals surface area contributed by atoms with Crippen LogP contribution < -0.4 is 0 Å². The zero-order chi connectivity index (χ0) is 8.93. The summed E-state index contributed by atoms with van der Waals surface area (Å²) < 4.78 is 0. The molecule has 0 unspecified atom stereocenters. The number of hydrogen-bond acceptors (Lipinski definition) is 1. The lowest BCUT2D eigenvalue weighted by atomic mass is 9.45. The summed E-state index contributed by atoms with van der Waals surface area (Å²) in [6.07, 6.45) is 3.19. The average Bonchev–Trinajstić information content (AvgIpc) is 2.04. The first-order valence-corrected chi connectivity index (χ1v) is 4.76. The second-order valence-corrected chi connectivity index (χ2v) is 4.88. The lowest BCUT2D eigenvalue weighted by Crippen LogP contribution is -2.54. The Labute approximate surface area is 73.0 Å². The van der Waals surface area contributed by atoms with Gasteiger partial charge in [0.15, 0.2) is 0 Å². The highest BCUT2D eigenvalue weighted by Crippen LogP contribution is 2.61. The molecule has 12 heavy (non-hydrogen) atoms. The number of hydrogen-bond donors (Lipinski definition) is 1. The van der Waals surface area contributed by atoms with E-state index in [9.17, 15) is 4.79 Å². The van der Waals surface area contributed by atoms with Crippen molar-refractivity contribution in [2.75, 3.05) is 0 Å². The molecular weight excluding hydrogens is 152 g/mol. The van der Waals surface area contributed by atoms with Crippen molar-refractivity contribution in [1.82, 2.24) is 0 Å². The third kappa shape index (κ3) is 0.838. The minimum Gasteiger partial charge on any atom is -0.481 e. The van der Waals surface area contributed by atoms with Crippen molar-refractivity contribution in [2.45, 2.75) is 33.1 Å². The second kappa shape index (κ2) is 2.24. The summed E-state index contributed by atoms with van der Waals surface area (Å²) in [5.74, 6) is 0.628. The number of carboxylic acid groups (broad SMARTS) is 1. The van der Waals surface area contributed by atoms with Gasteiger partial charge in [-0.25, -0.2) is 0 Å². The van der Waals surface area contributed by atoms with E-state index in [1.165, 1.54) is 0 Å². The summed E-state index contributed by atoms with van der Waals surface area (Å²) >= 11 is 0. The van der Waals surface area contributed by atoms with Gasteiger partial charge in [0.05, 0.1) is 5.92 Å². The Morgan fingerprint density at radius 2 is 2.08 bits per heavy atom. The molecule has 0 amide bonds. The molecule has 0 aromatic rings. The number of aliphatic carboxylic acids is 1. The van der Waals surface area contributed by atoms with Crippen molar-refractivity contribution in [3.8, 4) is 0 Å². The van der Waals surface area contributed by atoms with Crippen LogP contribution in [0.1, 0.15) is 33.1 Å². The van der Waals surface area contributed by atoms with Crippen LogP contribution >= 0.6 is 0 Å². The van der Waals surface area contributed by atoms with Crippen molar-refractivity contribution >= 4 is 5.97 Å². The van der Waals surface area contributed by atoms with E-state index >= 15 is 0 Å². The summed E-state index contributed by atoms with van der Waals surface area (Å²) in [5, 5.41) is 8.97. The zero-order valence-corrected chi connectivity index (χ0v) is 7.71. The van der Waals surface area contributed by atoms with Crippen LogP contribution in [0.3, 0.4) is 0 Å². The van der Waals surface area contributed by atoms with E-state index in [1.807, 2.05) is 0 Å². The monoisotopic (exact) mass is 168 g/mol. The third-order valence-electron chi connectivity index (χ3n) is 4.18. The number of rotatable bonds is 1. The third-order valence-corrected chi connectivity index (χ3v) is 4.18. The normalized spacial score (nSPS) is 43.3. The summed E-state index contributed by atoms with van der Waals surface area (Å²) in [7, 11) is 0. The smallest absolute Gasteiger partial charge is 0.306 e. The fourth-order valence-corrected chi connectivity index (χ4v) is 3.11. The van der Waals surface area contributed by atoms with E-state index in [-0.39, 0.29) is 5.92 Å². The fraction of sp³-hybridized carbons (Fsp3) is 0.900. The molecule has 0 aromatic carbocycles. The van der Waals surface area contributed by atoms with Gasteiger partial charge in [-0.3, -0.25) is 4.79 Å². The van der Waals surface area contributed by atoms with Gasteiger partial charge in [0, 0.05) is 0 Å². The van der Waals surface area contributed by atoms with Crippen molar-refractivity contribution in [3.05, 3.63) is 0 Å². The lowest BCUT2D eigenvalue weighted by molar-refractivity contribution is -0.164. The molecule has 1 N–H and O–H groups in total. The van der Waals surface area contributed by atoms with Crippen LogP contribution in [0.5, 0.6) is 0 Å². The molecule has 0 radical (unpaired) electrons. The van der Waals surface area contributed by atoms with Crippen LogP contribution in [0, 0.1) is 23.2 Å². The summed E-state index contributed by atoms with van der Waals surface area (Å²) in [4.78, 5) is 10.9. The second-order valence-electron chi connectivity index (χ2n) is 4.88. The quantitative estimate of drug-likeness (QED) is 0.651. The molecule has 3 aliphatic carbocycles. The first-order valence-electron chi connectivity index (χ1n) is 4.76. The van der Waals surface area contributed by atoms with Crippen LogP contribution in [0.2, 0.25) is 0 Å². The van der Waals surface area contributed by atoms with Crippen LogP contribution in [0.4, 0.5) is 0 Å². The van der Waals surface area contributed by atoms with Gasteiger partial charge >= 0.3 is 5.97 Å². The van der Waals surface area contributed by atoms with Crippen LogP contribution in [0.15, 0.2) is 0 Å². The fourth-order valence-electron chi connectivity index (χ4n) is 3.11. The van der Waals surface area contributed by atoms with E-state index in [0.717, 1.165) is 25.2 Å². The predicted molar refractivity (Wildman–Crippen MR) is 45.7 cm³/mol. The Balaban J connectivity index is 2.16. The minimum atomic E-state index is -0.578. The minimum absolute atomic E-state index is 0.0509. The van der Waals surface area contributed by atoms with Gasteiger partial charge < -0.3 is 5.11 Å². The molecule has 3 aliphatic rings. The maximum absolute atomic E-state index is 10.9. The standard InChI is InChI=1S/C10H16O2/c1-10(2)6-3-4-7(9(11)12)8(10)5-6/h6-8H,3-5H2,1-2H3,(H,11,12)/t6-,7-,8-/m0/s1. The maximum atomic E-state index is 10.9. The first kappa shape index (κ1) is 8.09. The van der Waals surface area contributed by atoms with E-state index in [2.05, 4.69) is 13.8 Å². The molecule has 3 saturated carbocycles. The van der Waals surface area contributed by atoms with Gasteiger partial charge in [-0.05, 0) is 36.5 Å². The maximum Gasteiger partial charge on any atom is 0.306 e. The van der Waals surface area contributed by atoms with Gasteiger partial charge in [0.25, 0.3) is 0 Å². The van der Waals surface area contributed by atoms with Crippen molar-refractivity contribution in [2.24, 2.45) is 23.2 Å². The molecule has 2 bridgehead atoms. The largest absolute Gasteiger partial charge is 0.481 e. The number of fused-ring (bicyclic) bond motifs is 2. The molecule has 0 aliphatic heterocycles. The van der Waals surface area contributed by atoms with Crippen LogP contribution in [-0.4, -0.2) is 11.1 Å². The Hall–Kier alpha value is -0.530. The van der Waals surface area contributed by atoms with Gasteiger partial charge in [-0.1, -0.05) is 13.8 Å². The van der Waals surface area contributed by atoms with Crippen molar-refractivity contribution in [1.29, 1.82) is 0 Å². The van der Waals surface area contributed by atoms with E-state index in [4.69, 9.17) is 5.11 Å². The predicted octanol–water partition coefficient (Wildman–Crippen LogP) is 2.14. The molecule has 0 aromatic heterocycles. The average molecular weight is 168 g/mol. The lowest BCUT2D eigenvalue weighted by Gasteiger charge is -2.59. The number of carbonyl (C=O) groups is 1. The van der Waals surface area contributed by atoms with Gasteiger partial charge in [-0.2, -0.15) is 0 Å². The van der Waals surface area contributed by atoms with Crippen molar-refractivity contribution < 1.29 is 9.90 Å². The highest BCUT2D eigenvalue weighted by molar-refractivity contribution is 5.71. The molecule has 3 atom stereocenters. The Bertz CT molecular complexity index is 218. The molecule has 3 fully saturated rings. The summed E-state index contributed by atoms with van der Waals surface area (Å²) in [5.41, 5.74) is 0.307. The molecule has 0 spiro atoms. The van der Waals surface area contributed by atoms with Gasteiger partial charge in [0.2, 0.25) is 0 Å². The molecule has 0 saturated heterocycles. The summed E-state index contributed by atoms with van der Waals surface area (Å²) in [6.45, 7) is 4.45. The molecular formula is C10H16O2. The zero-order valence-electron chi connectivity index (χ0n) is 7.71. The highest BCUT2D eigenvalue weighted by Gasteiger charge is 2.56. The van der Waals surface area contributed by atoms with Crippen LogP contribution in [-0.2, 0) is 4.79 Å². The molecule has 2 nitrogen and oxygen atoms in total. The first-order chi connectivity index (χ1) is 5.53. The Morgan fingerprint density at radius 3 is 2.42 bits per heavy atom. The summed E-state index contributed by atoms with van der Waals surface area (Å²) in [6, 6.07) is 0. The molecule has 0 heterocycles. The van der Waals surface area contributed by atoms with E-state index in [0.29, 0.717) is 11.3 Å². The van der Waals surface area contributed by atoms with E-state index in [1.54, 1.807) is 0 Å². The van der Waals surface area contributed by atoms with Gasteiger partial charge in [-0.15, -0.1) is 0 Å². The molecule has 3 rings (SSSR count). The van der Waals surface area contributed by atoms with Crippen LogP contribution in [0.25, 0.3) is 0 Å². The molecule has 68 valence electrons. The Kier molecular flexibility index (Phi) is 1.51. The topological polar surface area (TPSA) is 37.3 Å². The number of carboxylic acids is 1. The highest BCUT2D eigenvalue weighted by atomic mass is 16.4. The van der Waals surface area contributed by atoms with E-state index < -0.39 is 5.97 Å². The molecule has 2 heteroatoms. The van der Waals surface area contributed by atoms with Gasteiger partial charge in [0.1, 0.15) is 0 Å². The Morgan fingerprint density at radius 1 is 1.42 bits per heavy atom. The van der Waals surface area contributed by atoms with Crippen molar-refractivity contribution in [3.63, 3.8) is 0 Å². The SMILES string of the molecule is CC1(C)[C@H]2CC[C@H](C(=O)O)[C@@H]1C2.